The predicted octanol–water partition coefficient (Wildman–Crippen LogP) is 1.54. The number of hydrogen-bond acceptors (Lipinski definition) is 3. The van der Waals surface area contributed by atoms with Gasteiger partial charge in [0.2, 0.25) is 5.91 Å². The minimum absolute atomic E-state index is 0.0385. The summed E-state index contributed by atoms with van der Waals surface area (Å²) < 4.78 is 0. The number of anilines is 1. The molecule has 1 atom stereocenters. The Bertz CT molecular complexity index is 516. The van der Waals surface area contributed by atoms with Crippen LogP contribution in [0.4, 0.5) is 5.69 Å². The van der Waals surface area contributed by atoms with Crippen LogP contribution in [0, 0.1) is 0 Å². The Hall–Kier alpha value is -2.04. The monoisotopic (exact) mass is 276 g/mol. The van der Waals surface area contributed by atoms with Crippen molar-refractivity contribution < 1.29 is 14.7 Å². The Morgan fingerprint density at radius 2 is 2.10 bits per heavy atom. The van der Waals surface area contributed by atoms with E-state index in [1.165, 1.54) is 0 Å². The van der Waals surface area contributed by atoms with E-state index >= 15 is 0 Å². The van der Waals surface area contributed by atoms with Gasteiger partial charge in [-0.3, -0.25) is 9.59 Å². The van der Waals surface area contributed by atoms with Crippen molar-refractivity contribution in [1.29, 1.82) is 0 Å². The number of hydrogen-bond donors (Lipinski definition) is 1. The second kappa shape index (κ2) is 5.94. The number of nitrogens with zero attached hydrogens (tertiary/aromatic N) is 2. The van der Waals surface area contributed by atoms with Crippen LogP contribution in [0.1, 0.15) is 24.8 Å². The number of aliphatic carboxylic acids is 1. The smallest absolute Gasteiger partial charge is 0.304 e. The molecule has 0 radical (unpaired) electrons. The lowest BCUT2D eigenvalue weighted by Gasteiger charge is -2.22. The maximum Gasteiger partial charge on any atom is 0.304 e. The lowest BCUT2D eigenvalue weighted by atomic mass is 9.98. The van der Waals surface area contributed by atoms with Gasteiger partial charge in [-0.05, 0) is 18.6 Å². The molecule has 0 saturated heterocycles. The first-order chi connectivity index (χ1) is 9.52. The Morgan fingerprint density at radius 1 is 1.40 bits per heavy atom. The number of fused-ring (bicyclic) bond motifs is 1. The highest BCUT2D eigenvalue weighted by molar-refractivity contribution is 5.82. The molecule has 2 rings (SSSR count). The molecule has 108 valence electrons. The van der Waals surface area contributed by atoms with Gasteiger partial charge in [0.05, 0.1) is 13.0 Å². The van der Waals surface area contributed by atoms with E-state index in [-0.39, 0.29) is 18.2 Å². The topological polar surface area (TPSA) is 60.9 Å². The van der Waals surface area contributed by atoms with Crippen molar-refractivity contribution in [3.05, 3.63) is 29.8 Å². The molecule has 1 aromatic rings. The summed E-state index contributed by atoms with van der Waals surface area (Å²) in [4.78, 5) is 26.6. The molecule has 1 aliphatic heterocycles. The second-order valence-electron chi connectivity index (χ2n) is 5.14. The molecule has 0 aromatic heterocycles. The van der Waals surface area contributed by atoms with Gasteiger partial charge in [-0.1, -0.05) is 18.2 Å². The Kier molecular flexibility index (Phi) is 4.27. The summed E-state index contributed by atoms with van der Waals surface area (Å²) in [5.41, 5.74) is 2.01. The first-order valence-corrected chi connectivity index (χ1v) is 6.82. The van der Waals surface area contributed by atoms with Crippen molar-refractivity contribution in [2.45, 2.75) is 19.3 Å². The van der Waals surface area contributed by atoms with Crippen LogP contribution in [0.3, 0.4) is 0 Å². The third kappa shape index (κ3) is 2.92. The molecule has 0 spiro atoms. The maximum atomic E-state index is 12.0. The van der Waals surface area contributed by atoms with Gasteiger partial charge in [0, 0.05) is 31.7 Å². The fraction of sp³-hybridized carbons (Fsp3) is 0.467. The number of rotatable bonds is 5. The third-order valence-corrected chi connectivity index (χ3v) is 3.81. The van der Waals surface area contributed by atoms with Gasteiger partial charge in [-0.2, -0.15) is 0 Å². The van der Waals surface area contributed by atoms with Crippen molar-refractivity contribution in [1.82, 2.24) is 4.90 Å². The zero-order valence-corrected chi connectivity index (χ0v) is 11.9. The molecule has 5 nitrogen and oxygen atoms in total. The summed E-state index contributed by atoms with van der Waals surface area (Å²) >= 11 is 0. The fourth-order valence-electron chi connectivity index (χ4n) is 2.58. The van der Waals surface area contributed by atoms with Crippen LogP contribution in [-0.4, -0.2) is 48.6 Å². The summed E-state index contributed by atoms with van der Waals surface area (Å²) in [6.45, 7) is 3.50. The zero-order chi connectivity index (χ0) is 14.7. The number of amides is 1. The second-order valence-corrected chi connectivity index (χ2v) is 5.14. The van der Waals surface area contributed by atoms with Crippen LogP contribution in [0.5, 0.6) is 0 Å². The summed E-state index contributed by atoms with van der Waals surface area (Å²) in [7, 11) is 1.78. The maximum absolute atomic E-state index is 12.0. The molecule has 1 heterocycles. The zero-order valence-electron chi connectivity index (χ0n) is 11.9. The normalized spacial score (nSPS) is 16.9. The van der Waals surface area contributed by atoms with Crippen LogP contribution < -0.4 is 4.90 Å². The highest BCUT2D eigenvalue weighted by Crippen LogP contribution is 2.37. The average molecular weight is 276 g/mol. The molecule has 0 bridgehead atoms. The van der Waals surface area contributed by atoms with Crippen LogP contribution in [0.15, 0.2) is 24.3 Å². The molecule has 0 saturated carbocycles. The fourth-order valence-corrected chi connectivity index (χ4v) is 2.58. The van der Waals surface area contributed by atoms with E-state index in [1.54, 1.807) is 11.9 Å². The van der Waals surface area contributed by atoms with E-state index in [0.717, 1.165) is 11.3 Å². The predicted molar refractivity (Wildman–Crippen MR) is 77.0 cm³/mol. The van der Waals surface area contributed by atoms with Crippen molar-refractivity contribution in [3.63, 3.8) is 0 Å². The van der Waals surface area contributed by atoms with Gasteiger partial charge < -0.3 is 14.9 Å². The van der Waals surface area contributed by atoms with E-state index in [2.05, 4.69) is 0 Å². The van der Waals surface area contributed by atoms with Crippen LogP contribution in [-0.2, 0) is 9.59 Å². The van der Waals surface area contributed by atoms with Crippen molar-refractivity contribution in [2.75, 3.05) is 31.6 Å². The summed E-state index contributed by atoms with van der Waals surface area (Å²) in [5.74, 6) is -0.787. The van der Waals surface area contributed by atoms with Gasteiger partial charge >= 0.3 is 5.97 Å². The minimum atomic E-state index is -0.802. The van der Waals surface area contributed by atoms with Crippen LogP contribution in [0.2, 0.25) is 0 Å². The molecule has 1 aromatic carbocycles. The SMILES string of the molecule is CCN(C)C(=O)CN1CC(CC(=O)O)c2ccccc21. The van der Waals surface area contributed by atoms with E-state index in [9.17, 15) is 9.59 Å². The summed E-state index contributed by atoms with van der Waals surface area (Å²) in [6, 6.07) is 7.74. The average Bonchev–Trinajstić information content (AvgIpc) is 2.75. The molecule has 5 heteroatoms. The molecule has 1 unspecified atom stereocenters. The van der Waals surface area contributed by atoms with Gasteiger partial charge in [-0.15, -0.1) is 0 Å². The molecule has 1 amide bonds. The highest BCUT2D eigenvalue weighted by atomic mass is 16.4. The Labute approximate surface area is 118 Å². The number of carboxylic acids is 1. The minimum Gasteiger partial charge on any atom is -0.481 e. The third-order valence-electron chi connectivity index (χ3n) is 3.81. The van der Waals surface area contributed by atoms with Crippen LogP contribution in [0.25, 0.3) is 0 Å². The molecular weight excluding hydrogens is 256 g/mol. The van der Waals surface area contributed by atoms with E-state index in [4.69, 9.17) is 5.11 Å². The number of benzene rings is 1. The van der Waals surface area contributed by atoms with Gasteiger partial charge in [0.25, 0.3) is 0 Å². The first kappa shape index (κ1) is 14.4. The number of carbonyl (C=O) groups is 2. The van der Waals surface area contributed by atoms with Crippen molar-refractivity contribution >= 4 is 17.6 Å². The largest absolute Gasteiger partial charge is 0.481 e. The van der Waals surface area contributed by atoms with Crippen molar-refractivity contribution in [3.8, 4) is 0 Å². The van der Waals surface area contributed by atoms with Crippen molar-refractivity contribution in [2.24, 2.45) is 0 Å². The highest BCUT2D eigenvalue weighted by Gasteiger charge is 2.31. The quantitative estimate of drug-likeness (QED) is 0.886. The standard InChI is InChI=1S/C15H20N2O3/c1-3-16(2)14(18)10-17-9-11(8-15(19)20)12-6-4-5-7-13(12)17/h4-7,11H,3,8-10H2,1-2H3,(H,19,20). The molecule has 1 N–H and O–H groups in total. The first-order valence-electron chi connectivity index (χ1n) is 6.82. The molecule has 20 heavy (non-hydrogen) atoms. The van der Waals surface area contributed by atoms with Gasteiger partial charge in [0.15, 0.2) is 0 Å². The van der Waals surface area contributed by atoms with Gasteiger partial charge in [-0.25, -0.2) is 0 Å². The number of likely N-dealkylation sites (N-methyl/N-ethyl adjacent to an activating group) is 1. The number of carbonyl (C=O) groups excluding carboxylic acids is 1. The Balaban J connectivity index is 2.16. The number of para-hydroxylation sites is 1. The summed E-state index contributed by atoms with van der Waals surface area (Å²) in [6.07, 6.45) is 0.103. The molecule has 0 aliphatic carbocycles. The molecule has 0 fully saturated rings. The Morgan fingerprint density at radius 3 is 2.75 bits per heavy atom. The van der Waals surface area contributed by atoms with E-state index < -0.39 is 5.97 Å². The van der Waals surface area contributed by atoms with Gasteiger partial charge in [0.1, 0.15) is 0 Å². The lowest BCUT2D eigenvalue weighted by molar-refractivity contribution is -0.137. The number of carboxylic acid groups (broad SMARTS) is 1. The molecular formula is C15H20N2O3. The van der Waals surface area contributed by atoms with Crippen LogP contribution >= 0.6 is 0 Å². The lowest BCUT2D eigenvalue weighted by Crippen LogP contribution is -2.38. The summed E-state index contributed by atoms with van der Waals surface area (Å²) in [5, 5.41) is 9.00. The van der Waals surface area contributed by atoms with E-state index in [0.29, 0.717) is 19.6 Å². The molecule has 1 aliphatic rings. The van der Waals surface area contributed by atoms with E-state index in [1.807, 2.05) is 36.1 Å².